The molecule has 0 heterocycles. The average Bonchev–Trinajstić information content (AvgIpc) is 3.32. The quantitative estimate of drug-likeness (QED) is 0.0296. The van der Waals surface area contributed by atoms with Crippen LogP contribution in [0.25, 0.3) is 0 Å². The largest absolute Gasteiger partial charge is 0.497 e. The first-order chi connectivity index (χ1) is 33.1. The highest BCUT2D eigenvalue weighted by atomic mass is 35.5. The summed E-state index contributed by atoms with van der Waals surface area (Å²) in [6.07, 6.45) is 1.11. The van der Waals surface area contributed by atoms with Crippen LogP contribution in [-0.4, -0.2) is 79.1 Å². The summed E-state index contributed by atoms with van der Waals surface area (Å²) in [6, 6.07) is 20.4. The zero-order valence-electron chi connectivity index (χ0n) is 37.5. The first-order valence-electron chi connectivity index (χ1n) is 20.9. The second kappa shape index (κ2) is 25.8. The van der Waals surface area contributed by atoms with Gasteiger partial charge in [-0.05, 0) is 129 Å². The van der Waals surface area contributed by atoms with E-state index in [1.807, 2.05) is 0 Å². The number of azo groups is 2. The van der Waals surface area contributed by atoms with Crippen molar-refractivity contribution in [3.05, 3.63) is 129 Å². The van der Waals surface area contributed by atoms with E-state index < -0.39 is 47.3 Å². The number of aryl methyl sites for hydroxylation is 3. The molecule has 5 rings (SSSR count). The van der Waals surface area contributed by atoms with Crippen LogP contribution in [0.1, 0.15) is 51.3 Å². The van der Waals surface area contributed by atoms with Crippen molar-refractivity contribution in [2.75, 3.05) is 53.1 Å². The number of ketones is 2. The van der Waals surface area contributed by atoms with Crippen molar-refractivity contribution >= 4 is 127 Å². The molecule has 2 unspecified atom stereocenters. The fourth-order valence-electron chi connectivity index (χ4n) is 6.57. The van der Waals surface area contributed by atoms with Crippen LogP contribution in [0.3, 0.4) is 0 Å². The summed E-state index contributed by atoms with van der Waals surface area (Å²) in [4.78, 5) is 79.2. The Bertz CT molecular complexity index is 2810. The molecular weight excluding hydrogens is 994 g/mol. The molecule has 0 aliphatic rings. The van der Waals surface area contributed by atoms with Crippen LogP contribution in [0.5, 0.6) is 11.5 Å². The molecule has 0 saturated carbocycles. The number of hydrogen-bond donors (Lipinski definition) is 4. The molecule has 16 nitrogen and oxygen atoms in total. The molecule has 0 radical (unpaired) electrons. The van der Waals surface area contributed by atoms with E-state index in [2.05, 4.69) is 41.7 Å². The van der Waals surface area contributed by atoms with Gasteiger partial charge in [0.05, 0.1) is 35.4 Å². The summed E-state index contributed by atoms with van der Waals surface area (Å²) in [5, 5.41) is 26.9. The molecule has 0 saturated heterocycles. The fraction of sp³-hybridized carbons (Fsp3) is 0.250. The number of benzene rings is 5. The number of alkyl halides is 3. The lowest BCUT2D eigenvalue weighted by Gasteiger charge is -2.16. The molecule has 0 aromatic heterocycles. The summed E-state index contributed by atoms with van der Waals surface area (Å²) in [5.74, 6) is -2.20. The number of anilines is 4. The van der Waals surface area contributed by atoms with Gasteiger partial charge in [0.15, 0.2) is 11.6 Å². The van der Waals surface area contributed by atoms with Crippen LogP contribution in [-0.2, 0) is 38.4 Å². The molecule has 0 bridgehead atoms. The number of nitrogens with zero attached hydrogens (tertiary/aromatic N) is 4. The summed E-state index contributed by atoms with van der Waals surface area (Å²) in [6.45, 7) is 2.32. The van der Waals surface area contributed by atoms with Crippen LogP contribution in [0.4, 0.5) is 34.1 Å². The van der Waals surface area contributed by atoms with Gasteiger partial charge in [-0.25, -0.2) is 0 Å². The number of halogens is 5. The van der Waals surface area contributed by atoms with Crippen molar-refractivity contribution in [3.8, 4) is 11.5 Å². The van der Waals surface area contributed by atoms with Gasteiger partial charge in [-0.3, -0.25) is 28.8 Å². The highest BCUT2D eigenvalue weighted by Gasteiger charge is 2.27. The molecule has 2 atom stereocenters. The van der Waals surface area contributed by atoms with Crippen molar-refractivity contribution in [2.45, 2.75) is 45.2 Å². The van der Waals surface area contributed by atoms with Crippen molar-refractivity contribution in [1.82, 2.24) is 0 Å². The first kappa shape index (κ1) is 53.5. The van der Waals surface area contributed by atoms with Crippen LogP contribution < -0.4 is 30.7 Å². The van der Waals surface area contributed by atoms with Crippen molar-refractivity contribution in [3.63, 3.8) is 0 Å². The van der Waals surface area contributed by atoms with Gasteiger partial charge in [-0.1, -0.05) is 35.3 Å². The summed E-state index contributed by atoms with van der Waals surface area (Å²) < 4.78 is 10.6. The van der Waals surface area contributed by atoms with Gasteiger partial charge in [-0.15, -0.1) is 34.8 Å². The number of Topliss-reactive ketones (excluding diaryl/α,β-unsaturated/α-hetero) is 2. The van der Waals surface area contributed by atoms with E-state index in [0.717, 1.165) is 25.0 Å². The van der Waals surface area contributed by atoms with Gasteiger partial charge in [-0.2, -0.15) is 20.5 Å². The van der Waals surface area contributed by atoms with Crippen molar-refractivity contribution in [1.29, 1.82) is 0 Å². The number of carbonyl (C=O) groups excluding carboxylic acids is 6. The van der Waals surface area contributed by atoms with Gasteiger partial charge < -0.3 is 30.7 Å². The Morgan fingerprint density at radius 3 is 1.32 bits per heavy atom. The third kappa shape index (κ3) is 14.3. The molecule has 0 fully saturated rings. The molecule has 5 aromatic carbocycles. The molecule has 4 amide bonds. The van der Waals surface area contributed by atoms with E-state index in [1.165, 1.54) is 68.8 Å². The number of hydrogen-bond acceptors (Lipinski definition) is 12. The minimum absolute atomic E-state index is 0.0207. The molecule has 0 spiro atoms. The molecule has 69 heavy (non-hydrogen) atoms. The minimum atomic E-state index is -1.63. The predicted molar refractivity (Wildman–Crippen MR) is 270 cm³/mol. The van der Waals surface area contributed by atoms with Gasteiger partial charge in [0.2, 0.25) is 12.1 Å². The van der Waals surface area contributed by atoms with Crippen LogP contribution in [0.15, 0.2) is 111 Å². The fourth-order valence-corrected chi connectivity index (χ4v) is 7.68. The Kier molecular flexibility index (Phi) is 20.0. The summed E-state index contributed by atoms with van der Waals surface area (Å²) in [7, 11) is 3.06. The Morgan fingerprint density at radius 2 is 0.913 bits per heavy atom. The molecule has 0 aliphatic heterocycles. The maximum atomic E-state index is 13.6. The number of amides is 4. The number of rotatable bonds is 22. The standard InChI is InChI=1S/C48H45Cl5N8O8/c1-26(62)43(60-58-39-9-5-7-34(41(39)52)45(64)55-37-15-12-32(68-3)24-29(37)18-21-50)47(66)54-31-11-14-36(28(23-31)17-20-49)57-48(67)44(27(2)63)61-59-40-10-6-8-35(42(40)53)46(65)56-38-16-13-33(69-4)25-30(38)19-22-51/h5-16,23-25,43-44H,17-22H2,1-4H3,(H,54,66)(H,55,64)(H,56,65)(H,57,67). The zero-order valence-corrected chi connectivity index (χ0v) is 41.3. The maximum absolute atomic E-state index is 13.6. The highest BCUT2D eigenvalue weighted by molar-refractivity contribution is 6.37. The lowest BCUT2D eigenvalue weighted by atomic mass is 10.1. The Morgan fingerprint density at radius 1 is 0.522 bits per heavy atom. The minimum Gasteiger partial charge on any atom is -0.497 e. The zero-order chi connectivity index (χ0) is 50.2. The molecule has 4 N–H and O–H groups in total. The van der Waals surface area contributed by atoms with Crippen LogP contribution >= 0.6 is 58.0 Å². The predicted octanol–water partition coefficient (Wildman–Crippen LogP) is 11.2. The monoisotopic (exact) mass is 1040 g/mol. The molecule has 5 aromatic rings. The van der Waals surface area contributed by atoms with E-state index in [-0.39, 0.29) is 56.2 Å². The van der Waals surface area contributed by atoms with E-state index in [0.29, 0.717) is 53.0 Å². The van der Waals surface area contributed by atoms with Gasteiger partial charge in [0, 0.05) is 40.4 Å². The summed E-state index contributed by atoms with van der Waals surface area (Å²) >= 11 is 31.3. The second-order valence-electron chi connectivity index (χ2n) is 14.9. The van der Waals surface area contributed by atoms with E-state index in [9.17, 15) is 28.8 Å². The van der Waals surface area contributed by atoms with Crippen molar-refractivity contribution < 1.29 is 38.2 Å². The third-order valence-corrected chi connectivity index (χ3v) is 11.5. The van der Waals surface area contributed by atoms with Crippen LogP contribution in [0, 0.1) is 0 Å². The number of nitrogens with one attached hydrogen (secondary N) is 4. The number of carbonyl (C=O) groups is 6. The Labute approximate surface area is 422 Å². The van der Waals surface area contributed by atoms with E-state index in [4.69, 9.17) is 67.5 Å². The lowest BCUT2D eigenvalue weighted by Crippen LogP contribution is -2.32. The maximum Gasteiger partial charge on any atom is 0.258 e. The van der Waals surface area contributed by atoms with Crippen LogP contribution in [0.2, 0.25) is 10.0 Å². The average molecular weight is 1040 g/mol. The topological polar surface area (TPSA) is 218 Å². The lowest BCUT2D eigenvalue weighted by molar-refractivity contribution is -0.127. The first-order valence-corrected chi connectivity index (χ1v) is 23.3. The van der Waals surface area contributed by atoms with Gasteiger partial charge in [0.1, 0.15) is 22.9 Å². The molecule has 0 aliphatic carbocycles. The Hall–Kier alpha value is -6.43. The normalized spacial score (nSPS) is 12.0. The van der Waals surface area contributed by atoms with E-state index >= 15 is 0 Å². The van der Waals surface area contributed by atoms with Gasteiger partial charge >= 0.3 is 0 Å². The molecule has 21 heteroatoms. The van der Waals surface area contributed by atoms with Gasteiger partial charge in [0.25, 0.3) is 23.6 Å². The number of methoxy groups -OCH3 is 2. The molecular formula is C48H45Cl5N8O8. The highest BCUT2D eigenvalue weighted by Crippen LogP contribution is 2.33. The Balaban J connectivity index is 1.28. The second-order valence-corrected chi connectivity index (χ2v) is 16.7. The molecule has 360 valence electrons. The SMILES string of the molecule is COc1ccc(NC(=O)c2cccc(N=NC(C(C)=O)C(=O)Nc3ccc(NC(=O)C(N=Nc4cccc(C(=O)Nc5ccc(OC)cc5CCCl)c4Cl)C(C)=O)c(CCCl)c3)c2Cl)c(CCCl)c1. The van der Waals surface area contributed by atoms with E-state index in [1.54, 1.807) is 36.4 Å². The van der Waals surface area contributed by atoms with Crippen molar-refractivity contribution in [2.24, 2.45) is 20.5 Å². The number of ether oxygens (including phenoxy) is 2. The third-order valence-electron chi connectivity index (χ3n) is 10.1. The summed E-state index contributed by atoms with van der Waals surface area (Å²) in [5.41, 5.74) is 3.56. The smallest absolute Gasteiger partial charge is 0.258 e.